The lowest BCUT2D eigenvalue weighted by molar-refractivity contribution is 0.575. The fraction of sp³-hybridized carbons (Fsp3) is 0.591. The Morgan fingerprint density at radius 3 is 2.12 bits per heavy atom. The molecule has 0 spiro atoms. The number of hydrogen-bond donors (Lipinski definition) is 2. The highest BCUT2D eigenvalue weighted by atomic mass is 14.8. The van der Waals surface area contributed by atoms with Gasteiger partial charge in [-0.1, -0.05) is 88.3 Å². The van der Waals surface area contributed by atoms with Gasteiger partial charge in [0.05, 0.1) is 0 Å². The summed E-state index contributed by atoms with van der Waals surface area (Å²) in [5, 5.41) is 7.64. The normalized spacial score (nSPS) is 15.7. The van der Waals surface area contributed by atoms with E-state index in [1.165, 1.54) is 68.9 Å². The Kier molecular flexibility index (Phi) is 7.55. The van der Waals surface area contributed by atoms with E-state index in [9.17, 15) is 0 Å². The molecule has 0 amide bonds. The monoisotopic (exact) mass is 326 g/mol. The molecule has 1 aromatic rings. The number of nitrogens with one attached hydrogen (secondary N) is 1. The van der Waals surface area contributed by atoms with E-state index in [2.05, 4.69) is 43.3 Å². The Hall–Kier alpha value is -1.57. The van der Waals surface area contributed by atoms with Crippen LogP contribution in [-0.2, 0) is 6.42 Å². The maximum absolute atomic E-state index is 7.64. The van der Waals surface area contributed by atoms with Crippen molar-refractivity contribution in [3.8, 4) is 0 Å². The molecule has 0 unspecified atom stereocenters. The maximum Gasteiger partial charge on any atom is 0.101 e. The van der Waals surface area contributed by atoms with E-state index in [4.69, 9.17) is 11.1 Å². The van der Waals surface area contributed by atoms with Gasteiger partial charge in [-0.2, -0.15) is 0 Å². The Morgan fingerprint density at radius 1 is 1.00 bits per heavy atom. The minimum Gasteiger partial charge on any atom is -0.387 e. The summed E-state index contributed by atoms with van der Waals surface area (Å²) in [5.74, 6) is 0.310. The number of rotatable bonds is 12. The van der Waals surface area contributed by atoms with Gasteiger partial charge in [0.15, 0.2) is 0 Å². The molecule has 1 fully saturated rings. The molecule has 2 heteroatoms. The molecular formula is C22H34N2. The third kappa shape index (κ3) is 6.14. The second-order valence-electron chi connectivity index (χ2n) is 7.37. The standard InChI is InChI=1S/C22H34N2/c1-2-3-4-5-6-7-8-9-10-19-11-13-20(14-12-19)15-16-22(17-18-22)21(23)24/h11-16H,2-10,17-18H2,1H3,(H3,23,24)/b16-15+. The second-order valence-corrected chi connectivity index (χ2v) is 7.37. The molecule has 132 valence electrons. The minimum atomic E-state index is -0.129. The van der Waals surface area contributed by atoms with E-state index in [0.717, 1.165) is 12.8 Å². The van der Waals surface area contributed by atoms with E-state index < -0.39 is 0 Å². The molecule has 1 aliphatic rings. The fourth-order valence-electron chi connectivity index (χ4n) is 3.17. The van der Waals surface area contributed by atoms with Gasteiger partial charge in [0, 0.05) is 5.41 Å². The van der Waals surface area contributed by atoms with Crippen molar-refractivity contribution in [3.63, 3.8) is 0 Å². The van der Waals surface area contributed by atoms with Crippen molar-refractivity contribution in [2.24, 2.45) is 11.1 Å². The number of hydrogen-bond acceptors (Lipinski definition) is 1. The van der Waals surface area contributed by atoms with Crippen molar-refractivity contribution in [2.45, 2.75) is 77.6 Å². The summed E-state index contributed by atoms with van der Waals surface area (Å²) in [6.45, 7) is 2.27. The lowest BCUT2D eigenvalue weighted by Gasteiger charge is -2.06. The molecule has 0 heterocycles. The Morgan fingerprint density at radius 2 is 1.58 bits per heavy atom. The third-order valence-corrected chi connectivity index (χ3v) is 5.22. The van der Waals surface area contributed by atoms with E-state index in [0.29, 0.717) is 5.84 Å². The van der Waals surface area contributed by atoms with E-state index in [1.807, 2.05) is 0 Å². The highest BCUT2D eigenvalue weighted by molar-refractivity contribution is 5.89. The molecule has 1 aromatic carbocycles. The zero-order valence-corrected chi connectivity index (χ0v) is 15.3. The molecular weight excluding hydrogens is 292 g/mol. The second kappa shape index (κ2) is 9.66. The number of benzene rings is 1. The fourth-order valence-corrected chi connectivity index (χ4v) is 3.17. The zero-order chi connectivity index (χ0) is 17.3. The predicted octanol–water partition coefficient (Wildman–Crippen LogP) is 6.10. The van der Waals surface area contributed by atoms with Crippen LogP contribution in [0.15, 0.2) is 30.3 Å². The van der Waals surface area contributed by atoms with Crippen molar-refractivity contribution in [1.29, 1.82) is 5.41 Å². The van der Waals surface area contributed by atoms with Gasteiger partial charge in [-0.3, -0.25) is 5.41 Å². The summed E-state index contributed by atoms with van der Waals surface area (Å²) in [4.78, 5) is 0. The predicted molar refractivity (Wildman–Crippen MR) is 105 cm³/mol. The Labute approximate surface area is 148 Å². The topological polar surface area (TPSA) is 49.9 Å². The van der Waals surface area contributed by atoms with Gasteiger partial charge in [-0.15, -0.1) is 0 Å². The zero-order valence-electron chi connectivity index (χ0n) is 15.3. The van der Waals surface area contributed by atoms with Crippen LogP contribution in [-0.4, -0.2) is 5.84 Å². The number of nitrogens with two attached hydrogens (primary N) is 1. The Bertz CT molecular complexity index is 523. The quantitative estimate of drug-likeness (QED) is 0.272. The van der Waals surface area contributed by atoms with Crippen LogP contribution in [0.25, 0.3) is 6.08 Å². The van der Waals surface area contributed by atoms with Crippen LogP contribution in [0.1, 0.15) is 82.3 Å². The first-order valence-electron chi connectivity index (χ1n) is 9.79. The summed E-state index contributed by atoms with van der Waals surface area (Å²) in [6, 6.07) is 8.86. The van der Waals surface area contributed by atoms with Gasteiger partial charge in [-0.05, 0) is 36.8 Å². The lowest BCUT2D eigenvalue weighted by atomic mass is 10.0. The molecule has 0 bridgehead atoms. The molecule has 0 saturated heterocycles. The highest BCUT2D eigenvalue weighted by Crippen LogP contribution is 2.47. The van der Waals surface area contributed by atoms with Crippen LogP contribution in [0, 0.1) is 10.8 Å². The van der Waals surface area contributed by atoms with Crippen molar-refractivity contribution in [2.75, 3.05) is 0 Å². The van der Waals surface area contributed by atoms with Crippen LogP contribution in [0.5, 0.6) is 0 Å². The average Bonchev–Trinajstić information content (AvgIpc) is 3.38. The first-order valence-corrected chi connectivity index (χ1v) is 9.79. The molecule has 1 saturated carbocycles. The molecule has 1 aliphatic carbocycles. The summed E-state index contributed by atoms with van der Waals surface area (Å²) in [6.07, 6.45) is 18.5. The molecule has 0 aromatic heterocycles. The molecule has 0 atom stereocenters. The van der Waals surface area contributed by atoms with Gasteiger partial charge in [0.2, 0.25) is 0 Å². The maximum atomic E-state index is 7.64. The van der Waals surface area contributed by atoms with Gasteiger partial charge in [-0.25, -0.2) is 0 Å². The molecule has 24 heavy (non-hydrogen) atoms. The minimum absolute atomic E-state index is 0.129. The molecule has 2 nitrogen and oxygen atoms in total. The number of aryl methyl sites for hydroxylation is 1. The molecule has 0 radical (unpaired) electrons. The van der Waals surface area contributed by atoms with Crippen molar-refractivity contribution in [3.05, 3.63) is 41.5 Å². The summed E-state index contributed by atoms with van der Waals surface area (Å²) in [5.41, 5.74) is 8.18. The van der Waals surface area contributed by atoms with Gasteiger partial charge >= 0.3 is 0 Å². The SMILES string of the molecule is CCCCCCCCCCc1ccc(/C=C/C2(C(=N)N)CC2)cc1. The smallest absolute Gasteiger partial charge is 0.101 e. The molecule has 0 aliphatic heterocycles. The third-order valence-electron chi connectivity index (χ3n) is 5.22. The summed E-state index contributed by atoms with van der Waals surface area (Å²) < 4.78 is 0. The van der Waals surface area contributed by atoms with Crippen molar-refractivity contribution < 1.29 is 0 Å². The largest absolute Gasteiger partial charge is 0.387 e. The van der Waals surface area contributed by atoms with Crippen LogP contribution in [0.4, 0.5) is 0 Å². The number of unbranched alkanes of at least 4 members (excludes halogenated alkanes) is 7. The van der Waals surface area contributed by atoms with Gasteiger partial charge in [0.25, 0.3) is 0 Å². The molecule has 3 N–H and O–H groups in total. The summed E-state index contributed by atoms with van der Waals surface area (Å²) in [7, 11) is 0. The lowest BCUT2D eigenvalue weighted by Crippen LogP contribution is -2.21. The first kappa shape index (κ1) is 18.8. The average molecular weight is 327 g/mol. The van der Waals surface area contributed by atoms with Gasteiger partial charge in [0.1, 0.15) is 5.84 Å². The Balaban J connectivity index is 1.64. The van der Waals surface area contributed by atoms with Gasteiger partial charge < -0.3 is 5.73 Å². The van der Waals surface area contributed by atoms with Crippen LogP contribution < -0.4 is 5.73 Å². The molecule has 2 rings (SSSR count). The van der Waals surface area contributed by atoms with Crippen molar-refractivity contribution in [1.82, 2.24) is 0 Å². The van der Waals surface area contributed by atoms with E-state index >= 15 is 0 Å². The first-order chi connectivity index (χ1) is 11.7. The van der Waals surface area contributed by atoms with Crippen LogP contribution in [0.3, 0.4) is 0 Å². The highest BCUT2D eigenvalue weighted by Gasteiger charge is 2.43. The van der Waals surface area contributed by atoms with Crippen LogP contribution >= 0.6 is 0 Å². The van der Waals surface area contributed by atoms with Crippen LogP contribution in [0.2, 0.25) is 0 Å². The van der Waals surface area contributed by atoms with Crippen molar-refractivity contribution >= 4 is 11.9 Å². The van der Waals surface area contributed by atoms with E-state index in [1.54, 1.807) is 0 Å². The summed E-state index contributed by atoms with van der Waals surface area (Å²) >= 11 is 0. The number of amidine groups is 1. The van der Waals surface area contributed by atoms with E-state index in [-0.39, 0.29) is 5.41 Å².